The van der Waals surface area contributed by atoms with Gasteiger partial charge in [-0.1, -0.05) is 19.9 Å². The predicted molar refractivity (Wildman–Crippen MR) is 154 cm³/mol. The molecular weight excluding hydrogens is 470 g/mol. The Morgan fingerprint density at radius 3 is 2.24 bits per heavy atom. The molecule has 2 aliphatic rings. The number of aromatic nitrogens is 1. The summed E-state index contributed by atoms with van der Waals surface area (Å²) in [7, 11) is 0. The molecule has 0 unspecified atom stereocenters. The van der Waals surface area contributed by atoms with Crippen molar-refractivity contribution in [2.45, 2.75) is 52.5 Å². The van der Waals surface area contributed by atoms with E-state index in [9.17, 15) is 10.1 Å². The minimum absolute atomic E-state index is 0.117. The van der Waals surface area contributed by atoms with Gasteiger partial charge in [0.25, 0.3) is 5.91 Å². The largest absolute Gasteiger partial charge is 0.336 e. The Morgan fingerprint density at radius 2 is 1.63 bits per heavy atom. The molecule has 0 aliphatic carbocycles. The highest BCUT2D eigenvalue weighted by Crippen LogP contribution is 2.36. The zero-order valence-corrected chi connectivity index (χ0v) is 23.4. The molecule has 6 nitrogen and oxygen atoms in total. The van der Waals surface area contributed by atoms with E-state index in [0.717, 1.165) is 75.4 Å². The van der Waals surface area contributed by atoms with E-state index >= 15 is 0 Å². The van der Waals surface area contributed by atoms with Crippen LogP contribution in [0.1, 0.15) is 67.9 Å². The van der Waals surface area contributed by atoms with Crippen LogP contribution in [-0.2, 0) is 0 Å². The number of fused-ring (bicyclic) bond motifs is 1. The van der Waals surface area contributed by atoms with Crippen LogP contribution in [0, 0.1) is 17.2 Å². The quantitative estimate of drug-likeness (QED) is 0.438. The van der Waals surface area contributed by atoms with Crippen molar-refractivity contribution in [2.75, 3.05) is 45.8 Å². The van der Waals surface area contributed by atoms with Crippen LogP contribution in [0.4, 0.5) is 0 Å². The Bertz CT molecular complexity index is 1300. The number of nitriles is 1. The Morgan fingerprint density at radius 1 is 0.947 bits per heavy atom. The summed E-state index contributed by atoms with van der Waals surface area (Å²) in [5, 5.41) is 10.5. The van der Waals surface area contributed by atoms with E-state index in [2.05, 4.69) is 66.5 Å². The number of carbonyl (C=O) groups is 1. The Balaban J connectivity index is 1.46. The van der Waals surface area contributed by atoms with Gasteiger partial charge in [-0.25, -0.2) is 0 Å². The first kappa shape index (κ1) is 26.5. The summed E-state index contributed by atoms with van der Waals surface area (Å²) in [5.74, 6) is 1.31. The van der Waals surface area contributed by atoms with Crippen molar-refractivity contribution in [1.29, 1.82) is 5.26 Å². The number of amides is 1. The molecule has 1 aromatic heterocycles. The highest BCUT2D eigenvalue weighted by atomic mass is 16.2. The van der Waals surface area contributed by atoms with Crippen LogP contribution in [-0.4, -0.2) is 77.0 Å². The summed E-state index contributed by atoms with van der Waals surface area (Å²) in [5.41, 5.74) is 4.87. The van der Waals surface area contributed by atoms with Crippen molar-refractivity contribution in [3.63, 3.8) is 0 Å². The fraction of sp³-hybridized carbons (Fsp3) is 0.500. The molecule has 0 saturated carbocycles. The van der Waals surface area contributed by atoms with Crippen molar-refractivity contribution in [3.8, 4) is 11.8 Å². The number of hydrogen-bond donors (Lipinski definition) is 0. The lowest BCUT2D eigenvalue weighted by Gasteiger charge is -2.37. The van der Waals surface area contributed by atoms with Crippen LogP contribution < -0.4 is 0 Å². The minimum Gasteiger partial charge on any atom is -0.336 e. The van der Waals surface area contributed by atoms with Crippen molar-refractivity contribution >= 4 is 16.8 Å². The fourth-order valence-corrected chi connectivity index (χ4v) is 6.19. The Kier molecular flexibility index (Phi) is 7.88. The van der Waals surface area contributed by atoms with E-state index in [0.29, 0.717) is 23.4 Å². The summed E-state index contributed by atoms with van der Waals surface area (Å²) in [6.45, 7) is 15.8. The standard InChI is InChI=1S/C32H41N5O/c1-23(2)21-34-13-11-26(12-14-34)30-22-37(28-8-5-25(20-33)6-9-28)31-19-27(7-10-29(30)31)32(38)36-17-15-35(16-18-36)24(3)4/h5-10,19,22-24,26H,11-18,21H2,1-4H3. The minimum atomic E-state index is 0.117. The Hall–Kier alpha value is -3.14. The van der Waals surface area contributed by atoms with Gasteiger partial charge in [-0.15, -0.1) is 0 Å². The number of piperidine rings is 1. The van der Waals surface area contributed by atoms with Crippen molar-refractivity contribution in [1.82, 2.24) is 19.3 Å². The number of carbonyl (C=O) groups excluding carboxylic acids is 1. The molecule has 1 amide bonds. The van der Waals surface area contributed by atoms with Gasteiger partial charge in [-0.2, -0.15) is 5.26 Å². The molecule has 200 valence electrons. The summed E-state index contributed by atoms with van der Waals surface area (Å²) >= 11 is 0. The molecule has 3 heterocycles. The zero-order valence-electron chi connectivity index (χ0n) is 23.4. The van der Waals surface area contributed by atoms with Crippen molar-refractivity contribution in [3.05, 3.63) is 65.4 Å². The maximum Gasteiger partial charge on any atom is 0.254 e. The molecule has 2 aliphatic heterocycles. The highest BCUT2D eigenvalue weighted by Gasteiger charge is 2.27. The second-order valence-corrected chi connectivity index (χ2v) is 11.7. The van der Waals surface area contributed by atoms with Crippen LogP contribution in [0.5, 0.6) is 0 Å². The number of nitrogens with zero attached hydrogens (tertiary/aromatic N) is 5. The monoisotopic (exact) mass is 511 g/mol. The van der Waals surface area contributed by atoms with E-state index < -0.39 is 0 Å². The maximum absolute atomic E-state index is 13.5. The van der Waals surface area contributed by atoms with Gasteiger partial charge < -0.3 is 14.4 Å². The zero-order chi connectivity index (χ0) is 26.8. The van der Waals surface area contributed by atoms with E-state index in [-0.39, 0.29) is 5.91 Å². The topological polar surface area (TPSA) is 55.5 Å². The molecular formula is C32H41N5O. The number of rotatable bonds is 6. The van der Waals surface area contributed by atoms with Gasteiger partial charge in [-0.05, 0) is 93.6 Å². The van der Waals surface area contributed by atoms with Crippen LogP contribution >= 0.6 is 0 Å². The molecule has 2 fully saturated rings. The van der Waals surface area contributed by atoms with E-state index in [1.807, 2.05) is 35.2 Å². The lowest BCUT2D eigenvalue weighted by molar-refractivity contribution is 0.0595. The van der Waals surface area contributed by atoms with Crippen molar-refractivity contribution < 1.29 is 4.79 Å². The van der Waals surface area contributed by atoms with Crippen LogP contribution in [0.15, 0.2) is 48.7 Å². The lowest BCUT2D eigenvalue weighted by atomic mass is 9.88. The predicted octanol–water partition coefficient (Wildman–Crippen LogP) is 5.50. The van der Waals surface area contributed by atoms with Gasteiger partial charge in [0, 0.05) is 61.6 Å². The Labute approximate surface area is 227 Å². The molecule has 6 heteroatoms. The summed E-state index contributed by atoms with van der Waals surface area (Å²) in [4.78, 5) is 20.6. The van der Waals surface area contributed by atoms with Gasteiger partial charge in [0.15, 0.2) is 0 Å². The third-order valence-electron chi connectivity index (χ3n) is 8.34. The fourth-order valence-electron chi connectivity index (χ4n) is 6.19. The average Bonchev–Trinajstić information content (AvgIpc) is 3.31. The molecule has 38 heavy (non-hydrogen) atoms. The SMILES string of the molecule is CC(C)CN1CCC(c2cn(-c3ccc(C#N)cc3)c3cc(C(=O)N4CCN(C(C)C)CC4)ccc23)CC1. The lowest BCUT2D eigenvalue weighted by Crippen LogP contribution is -2.50. The average molecular weight is 512 g/mol. The number of likely N-dealkylation sites (tertiary alicyclic amines) is 1. The van der Waals surface area contributed by atoms with E-state index in [1.54, 1.807) is 0 Å². The third kappa shape index (κ3) is 5.50. The number of benzene rings is 2. The molecule has 3 aromatic rings. The normalized spacial score (nSPS) is 18.0. The van der Waals surface area contributed by atoms with Crippen LogP contribution in [0.2, 0.25) is 0 Å². The van der Waals surface area contributed by atoms with Crippen LogP contribution in [0.3, 0.4) is 0 Å². The number of piperazine rings is 1. The molecule has 2 aromatic carbocycles. The van der Waals surface area contributed by atoms with Crippen molar-refractivity contribution in [2.24, 2.45) is 5.92 Å². The molecule has 0 N–H and O–H groups in total. The number of hydrogen-bond acceptors (Lipinski definition) is 4. The van der Waals surface area contributed by atoms with Gasteiger partial charge in [0.2, 0.25) is 0 Å². The second-order valence-electron chi connectivity index (χ2n) is 11.7. The molecule has 0 radical (unpaired) electrons. The maximum atomic E-state index is 13.5. The highest BCUT2D eigenvalue weighted by molar-refractivity contribution is 5.99. The van der Waals surface area contributed by atoms with Gasteiger partial charge >= 0.3 is 0 Å². The molecule has 0 atom stereocenters. The van der Waals surface area contributed by atoms with Gasteiger partial charge in [0.1, 0.15) is 0 Å². The first-order valence-electron chi connectivity index (χ1n) is 14.2. The molecule has 5 rings (SSSR count). The first-order chi connectivity index (χ1) is 18.3. The van der Waals surface area contributed by atoms with E-state index in [4.69, 9.17) is 0 Å². The summed E-state index contributed by atoms with van der Waals surface area (Å²) < 4.78 is 2.22. The van der Waals surface area contributed by atoms with E-state index in [1.165, 1.54) is 10.9 Å². The summed E-state index contributed by atoms with van der Waals surface area (Å²) in [6.07, 6.45) is 4.59. The van der Waals surface area contributed by atoms with Gasteiger partial charge in [0.05, 0.1) is 17.1 Å². The first-order valence-corrected chi connectivity index (χ1v) is 14.2. The second kappa shape index (κ2) is 11.3. The third-order valence-corrected chi connectivity index (χ3v) is 8.34. The summed E-state index contributed by atoms with van der Waals surface area (Å²) in [6, 6.07) is 16.8. The molecule has 0 spiro atoms. The molecule has 2 saturated heterocycles. The molecule has 0 bridgehead atoms. The van der Waals surface area contributed by atoms with Gasteiger partial charge in [-0.3, -0.25) is 9.69 Å². The van der Waals surface area contributed by atoms with Crippen LogP contribution in [0.25, 0.3) is 16.6 Å². The smallest absolute Gasteiger partial charge is 0.254 e.